The highest BCUT2D eigenvalue weighted by Gasteiger charge is 2.11. The van der Waals surface area contributed by atoms with Crippen LogP contribution in [0.25, 0.3) is 0 Å². The second-order valence-electron chi connectivity index (χ2n) is 3.39. The summed E-state index contributed by atoms with van der Waals surface area (Å²) in [5.41, 5.74) is 1.77. The molecule has 0 aliphatic carbocycles. The summed E-state index contributed by atoms with van der Waals surface area (Å²) in [5, 5.41) is 0. The minimum Gasteiger partial charge on any atom is -0.465 e. The van der Waals surface area contributed by atoms with Crippen molar-refractivity contribution in [2.75, 3.05) is 7.11 Å². The van der Waals surface area contributed by atoms with E-state index in [1.807, 2.05) is 12.1 Å². The number of carbonyl (C=O) groups excluding carboxylic acids is 1. The fraction of sp³-hybridized carbons (Fsp3) is 0.364. The van der Waals surface area contributed by atoms with Crippen molar-refractivity contribution in [2.45, 2.75) is 19.8 Å². The highest BCUT2D eigenvalue weighted by atomic mass is 79.9. The Kier molecular flexibility index (Phi) is 3.69. The molecule has 0 spiro atoms. The smallest absolute Gasteiger partial charge is 0.338 e. The maximum atomic E-state index is 11.3. The summed E-state index contributed by atoms with van der Waals surface area (Å²) in [6.45, 7) is 4.22. The standard InChI is InChI=1S/C11H13BrO2/c1-7(2)8-4-5-9(10(12)6-8)11(13)14-3/h4-7H,1-3H3. The lowest BCUT2D eigenvalue weighted by Gasteiger charge is -2.08. The van der Waals surface area contributed by atoms with Gasteiger partial charge in [0.2, 0.25) is 0 Å². The van der Waals surface area contributed by atoms with Gasteiger partial charge in [-0.1, -0.05) is 19.9 Å². The second-order valence-corrected chi connectivity index (χ2v) is 4.24. The van der Waals surface area contributed by atoms with E-state index < -0.39 is 0 Å². The normalized spacial score (nSPS) is 10.4. The molecule has 1 rings (SSSR count). The Balaban J connectivity index is 3.07. The lowest BCUT2D eigenvalue weighted by atomic mass is 10.0. The van der Waals surface area contributed by atoms with Crippen molar-refractivity contribution >= 4 is 21.9 Å². The van der Waals surface area contributed by atoms with Gasteiger partial charge in [-0.05, 0) is 39.5 Å². The molecule has 0 heterocycles. The third-order valence-electron chi connectivity index (χ3n) is 2.07. The average molecular weight is 257 g/mol. The molecule has 1 aromatic carbocycles. The van der Waals surface area contributed by atoms with Gasteiger partial charge in [-0.15, -0.1) is 0 Å². The van der Waals surface area contributed by atoms with Crippen LogP contribution in [0.3, 0.4) is 0 Å². The van der Waals surface area contributed by atoms with Gasteiger partial charge in [-0.3, -0.25) is 0 Å². The van der Waals surface area contributed by atoms with Crippen LogP contribution < -0.4 is 0 Å². The first kappa shape index (κ1) is 11.2. The first-order chi connectivity index (χ1) is 6.56. The van der Waals surface area contributed by atoms with E-state index >= 15 is 0 Å². The van der Waals surface area contributed by atoms with E-state index in [1.54, 1.807) is 6.07 Å². The molecule has 0 aliphatic rings. The number of methoxy groups -OCH3 is 1. The largest absolute Gasteiger partial charge is 0.465 e. The van der Waals surface area contributed by atoms with Crippen molar-refractivity contribution in [3.05, 3.63) is 33.8 Å². The van der Waals surface area contributed by atoms with Gasteiger partial charge in [-0.25, -0.2) is 4.79 Å². The van der Waals surface area contributed by atoms with Crippen LogP contribution in [0.2, 0.25) is 0 Å². The van der Waals surface area contributed by atoms with Crippen molar-refractivity contribution in [1.29, 1.82) is 0 Å². The Morgan fingerprint density at radius 3 is 2.50 bits per heavy atom. The van der Waals surface area contributed by atoms with E-state index in [4.69, 9.17) is 0 Å². The van der Waals surface area contributed by atoms with Gasteiger partial charge in [0.1, 0.15) is 0 Å². The molecule has 0 amide bonds. The molecule has 14 heavy (non-hydrogen) atoms. The molecule has 3 heteroatoms. The SMILES string of the molecule is COC(=O)c1ccc(C(C)C)cc1Br. The van der Waals surface area contributed by atoms with Crippen molar-refractivity contribution in [3.63, 3.8) is 0 Å². The molecule has 76 valence electrons. The average Bonchev–Trinajstić information content (AvgIpc) is 2.16. The summed E-state index contributed by atoms with van der Waals surface area (Å²) in [4.78, 5) is 11.3. The summed E-state index contributed by atoms with van der Waals surface area (Å²) in [5.74, 6) is 0.144. The van der Waals surface area contributed by atoms with Crippen molar-refractivity contribution in [3.8, 4) is 0 Å². The number of rotatable bonds is 2. The number of carbonyl (C=O) groups is 1. The van der Waals surface area contributed by atoms with Crippen LogP contribution in [0.1, 0.15) is 35.7 Å². The van der Waals surface area contributed by atoms with E-state index in [0.717, 1.165) is 4.47 Å². The monoisotopic (exact) mass is 256 g/mol. The molecular formula is C11H13BrO2. The number of halogens is 1. The lowest BCUT2D eigenvalue weighted by molar-refractivity contribution is 0.0599. The van der Waals surface area contributed by atoms with Gasteiger partial charge in [0.25, 0.3) is 0 Å². The summed E-state index contributed by atoms with van der Waals surface area (Å²) in [6.07, 6.45) is 0. The Morgan fingerprint density at radius 1 is 1.43 bits per heavy atom. The van der Waals surface area contributed by atoms with Crippen LogP contribution >= 0.6 is 15.9 Å². The third-order valence-corrected chi connectivity index (χ3v) is 2.72. The maximum Gasteiger partial charge on any atom is 0.338 e. The number of esters is 1. The number of benzene rings is 1. The van der Waals surface area contributed by atoms with E-state index in [9.17, 15) is 4.79 Å². The minimum atomic E-state index is -0.313. The summed E-state index contributed by atoms with van der Waals surface area (Å²) >= 11 is 3.36. The van der Waals surface area contributed by atoms with Crippen LogP contribution in [-0.2, 0) is 4.74 Å². The van der Waals surface area contributed by atoms with Crippen LogP contribution in [-0.4, -0.2) is 13.1 Å². The van der Waals surface area contributed by atoms with Crippen LogP contribution in [0.4, 0.5) is 0 Å². The van der Waals surface area contributed by atoms with Gasteiger partial charge in [0, 0.05) is 4.47 Å². The topological polar surface area (TPSA) is 26.3 Å². The molecule has 0 aliphatic heterocycles. The van der Waals surface area contributed by atoms with E-state index in [1.165, 1.54) is 12.7 Å². The van der Waals surface area contributed by atoms with Crippen LogP contribution in [0.15, 0.2) is 22.7 Å². The van der Waals surface area contributed by atoms with Gasteiger partial charge in [0.05, 0.1) is 12.7 Å². The van der Waals surface area contributed by atoms with Crippen LogP contribution in [0, 0.1) is 0 Å². The zero-order valence-electron chi connectivity index (χ0n) is 8.50. The Hall–Kier alpha value is -0.830. The fourth-order valence-electron chi connectivity index (χ4n) is 1.17. The molecule has 0 N–H and O–H groups in total. The summed E-state index contributed by atoms with van der Waals surface area (Å²) in [6, 6.07) is 5.68. The maximum absolute atomic E-state index is 11.3. The highest BCUT2D eigenvalue weighted by molar-refractivity contribution is 9.10. The predicted octanol–water partition coefficient (Wildman–Crippen LogP) is 3.36. The van der Waals surface area contributed by atoms with Gasteiger partial charge in [0.15, 0.2) is 0 Å². The quantitative estimate of drug-likeness (QED) is 0.759. The van der Waals surface area contributed by atoms with Gasteiger partial charge >= 0.3 is 5.97 Å². The number of hydrogen-bond donors (Lipinski definition) is 0. The molecule has 0 unspecified atom stereocenters. The van der Waals surface area contributed by atoms with E-state index in [0.29, 0.717) is 11.5 Å². The molecule has 0 fully saturated rings. The fourth-order valence-corrected chi connectivity index (χ4v) is 1.72. The summed E-state index contributed by atoms with van der Waals surface area (Å²) < 4.78 is 5.44. The Morgan fingerprint density at radius 2 is 2.07 bits per heavy atom. The third kappa shape index (κ3) is 2.35. The molecule has 0 bridgehead atoms. The molecule has 0 saturated carbocycles. The minimum absolute atomic E-state index is 0.313. The van der Waals surface area contributed by atoms with E-state index in [2.05, 4.69) is 34.5 Å². The first-order valence-electron chi connectivity index (χ1n) is 4.44. The highest BCUT2D eigenvalue weighted by Crippen LogP contribution is 2.23. The molecule has 0 aromatic heterocycles. The molecule has 2 nitrogen and oxygen atoms in total. The summed E-state index contributed by atoms with van der Waals surface area (Å²) in [7, 11) is 1.38. The Bertz CT molecular complexity index is 345. The second kappa shape index (κ2) is 4.60. The van der Waals surface area contributed by atoms with Crippen molar-refractivity contribution in [2.24, 2.45) is 0 Å². The first-order valence-corrected chi connectivity index (χ1v) is 5.23. The number of hydrogen-bond acceptors (Lipinski definition) is 2. The Labute approximate surface area is 92.4 Å². The lowest BCUT2D eigenvalue weighted by Crippen LogP contribution is -2.02. The van der Waals surface area contributed by atoms with E-state index in [-0.39, 0.29) is 5.97 Å². The zero-order chi connectivity index (χ0) is 10.7. The van der Waals surface area contributed by atoms with Crippen molar-refractivity contribution < 1.29 is 9.53 Å². The molecule has 0 saturated heterocycles. The zero-order valence-corrected chi connectivity index (χ0v) is 10.1. The van der Waals surface area contributed by atoms with Crippen molar-refractivity contribution in [1.82, 2.24) is 0 Å². The number of ether oxygens (including phenoxy) is 1. The molecule has 1 aromatic rings. The van der Waals surface area contributed by atoms with Gasteiger partial charge < -0.3 is 4.74 Å². The predicted molar refractivity (Wildman–Crippen MR) is 59.6 cm³/mol. The van der Waals surface area contributed by atoms with Crippen LogP contribution in [0.5, 0.6) is 0 Å². The molecule has 0 atom stereocenters. The molecular weight excluding hydrogens is 244 g/mol. The van der Waals surface area contributed by atoms with Gasteiger partial charge in [-0.2, -0.15) is 0 Å². The molecule has 0 radical (unpaired) electrons.